The third-order valence-electron chi connectivity index (χ3n) is 7.44. The van der Waals surface area contributed by atoms with Crippen molar-refractivity contribution in [1.29, 1.82) is 0 Å². The molecule has 1 N–H and O–H groups in total. The fourth-order valence-corrected chi connectivity index (χ4v) is 7.54. The standard InChI is InChI=1S/C25H34N4O5Si/c1-7-33-23(32)29-20(26-22(31)25(14-11-15-25)35(4,5)6)18-16-28(24(2,3)19(18)27-29)34-21(30)17-12-9-8-10-13-17/h8-10,12-13H,7,11,14-16H2,1-6H3,(H,26,31). The van der Waals surface area contributed by atoms with Crippen LogP contribution >= 0.6 is 0 Å². The Morgan fingerprint density at radius 3 is 2.31 bits per heavy atom. The Bertz CT molecular complexity index is 1150. The number of rotatable bonds is 6. The number of hydrogen-bond donors (Lipinski definition) is 1. The Kier molecular flexibility index (Phi) is 6.39. The summed E-state index contributed by atoms with van der Waals surface area (Å²) in [4.78, 5) is 44.9. The Morgan fingerprint density at radius 2 is 1.77 bits per heavy atom. The van der Waals surface area contributed by atoms with E-state index < -0.39 is 30.7 Å². The molecule has 2 aliphatic rings. The average Bonchev–Trinajstić information content (AvgIpc) is 3.21. The van der Waals surface area contributed by atoms with E-state index in [1.54, 1.807) is 36.3 Å². The van der Waals surface area contributed by atoms with E-state index in [9.17, 15) is 14.4 Å². The Labute approximate surface area is 206 Å². The monoisotopic (exact) mass is 498 g/mol. The van der Waals surface area contributed by atoms with Crippen LogP contribution in [0.5, 0.6) is 0 Å². The van der Waals surface area contributed by atoms with Crippen LogP contribution in [0.2, 0.25) is 24.7 Å². The number of anilines is 1. The minimum absolute atomic E-state index is 0.0753. The summed E-state index contributed by atoms with van der Waals surface area (Å²) in [5.41, 5.74) is 0.795. The van der Waals surface area contributed by atoms with Crippen LogP contribution in [0.15, 0.2) is 30.3 Å². The second-order valence-electron chi connectivity index (χ2n) is 10.8. The molecule has 188 valence electrons. The van der Waals surface area contributed by atoms with Gasteiger partial charge in [0.1, 0.15) is 5.82 Å². The number of fused-ring (bicyclic) bond motifs is 1. The molecule has 10 heteroatoms. The first-order valence-electron chi connectivity index (χ1n) is 12.1. The molecule has 1 aliphatic heterocycles. The molecule has 1 fully saturated rings. The van der Waals surface area contributed by atoms with Gasteiger partial charge in [-0.3, -0.25) is 4.79 Å². The van der Waals surface area contributed by atoms with Crippen molar-refractivity contribution in [1.82, 2.24) is 14.8 Å². The maximum Gasteiger partial charge on any atom is 0.436 e. The van der Waals surface area contributed by atoms with Gasteiger partial charge in [-0.15, -0.1) is 9.75 Å². The highest BCUT2D eigenvalue weighted by Gasteiger charge is 2.54. The van der Waals surface area contributed by atoms with E-state index >= 15 is 0 Å². The van der Waals surface area contributed by atoms with Crippen LogP contribution < -0.4 is 5.32 Å². The SMILES string of the molecule is CCOC(=O)n1nc2c(c1NC(=O)C1([Si](C)(C)C)CCC1)CN(OC(=O)c1ccccc1)C2(C)C. The van der Waals surface area contributed by atoms with E-state index in [2.05, 4.69) is 30.1 Å². The second kappa shape index (κ2) is 8.91. The van der Waals surface area contributed by atoms with E-state index in [0.717, 1.165) is 23.9 Å². The van der Waals surface area contributed by atoms with Gasteiger partial charge in [-0.05, 0) is 45.7 Å². The van der Waals surface area contributed by atoms with Crippen molar-refractivity contribution in [2.45, 2.75) is 76.8 Å². The first kappa shape index (κ1) is 25.1. The van der Waals surface area contributed by atoms with Crippen LogP contribution in [0.1, 0.15) is 61.6 Å². The topological polar surface area (TPSA) is 103 Å². The van der Waals surface area contributed by atoms with Crippen molar-refractivity contribution >= 4 is 31.9 Å². The van der Waals surface area contributed by atoms with Crippen molar-refractivity contribution in [3.05, 3.63) is 47.2 Å². The average molecular weight is 499 g/mol. The molecule has 0 saturated heterocycles. The summed E-state index contributed by atoms with van der Waals surface area (Å²) in [7, 11) is -1.84. The molecule has 0 bridgehead atoms. The maximum atomic E-state index is 13.6. The highest BCUT2D eigenvalue weighted by Crippen LogP contribution is 2.56. The molecule has 1 aromatic carbocycles. The van der Waals surface area contributed by atoms with E-state index in [0.29, 0.717) is 22.6 Å². The van der Waals surface area contributed by atoms with Gasteiger partial charge in [0.2, 0.25) is 5.91 Å². The third-order valence-corrected chi connectivity index (χ3v) is 11.0. The van der Waals surface area contributed by atoms with Gasteiger partial charge in [0.25, 0.3) is 0 Å². The van der Waals surface area contributed by atoms with Crippen LogP contribution in [0, 0.1) is 0 Å². The highest BCUT2D eigenvalue weighted by atomic mass is 28.3. The predicted octanol–water partition coefficient (Wildman–Crippen LogP) is 4.91. The molecule has 1 amide bonds. The van der Waals surface area contributed by atoms with Gasteiger partial charge in [-0.1, -0.05) is 44.3 Å². The number of amides is 1. The Morgan fingerprint density at radius 1 is 1.11 bits per heavy atom. The zero-order valence-electron chi connectivity index (χ0n) is 21.3. The van der Waals surface area contributed by atoms with Crippen molar-refractivity contribution in [2.75, 3.05) is 11.9 Å². The first-order chi connectivity index (χ1) is 16.4. The summed E-state index contributed by atoms with van der Waals surface area (Å²) in [6, 6.07) is 8.74. The maximum absolute atomic E-state index is 13.6. The lowest BCUT2D eigenvalue weighted by molar-refractivity contribution is -0.169. The third kappa shape index (κ3) is 4.18. The van der Waals surface area contributed by atoms with Crippen LogP contribution in [0.3, 0.4) is 0 Å². The Hall–Kier alpha value is -2.98. The lowest BCUT2D eigenvalue weighted by Gasteiger charge is -2.48. The summed E-state index contributed by atoms with van der Waals surface area (Å²) in [6.07, 6.45) is 2.05. The van der Waals surface area contributed by atoms with Gasteiger partial charge >= 0.3 is 12.1 Å². The molecule has 1 aromatic heterocycles. The minimum Gasteiger partial charge on any atom is -0.448 e. The molecular formula is C25H34N4O5Si. The Balaban J connectivity index is 1.68. The smallest absolute Gasteiger partial charge is 0.436 e. The zero-order valence-corrected chi connectivity index (χ0v) is 22.3. The quantitative estimate of drug-likeness (QED) is 0.564. The number of nitrogens with zero attached hydrogens (tertiary/aromatic N) is 3. The number of nitrogens with one attached hydrogen (secondary N) is 1. The van der Waals surface area contributed by atoms with Crippen molar-refractivity contribution in [3.63, 3.8) is 0 Å². The summed E-state index contributed by atoms with van der Waals surface area (Å²) in [6.45, 7) is 12.4. The summed E-state index contributed by atoms with van der Waals surface area (Å²) in [5.74, 6) is -0.271. The first-order valence-corrected chi connectivity index (χ1v) is 15.6. The van der Waals surface area contributed by atoms with Crippen molar-refractivity contribution < 1.29 is 24.0 Å². The molecule has 35 heavy (non-hydrogen) atoms. The summed E-state index contributed by atoms with van der Waals surface area (Å²) < 4.78 is 6.36. The molecule has 0 atom stereocenters. The molecule has 4 rings (SSSR count). The van der Waals surface area contributed by atoms with Crippen LogP contribution in [0.4, 0.5) is 10.6 Å². The van der Waals surface area contributed by atoms with E-state index in [-0.39, 0.29) is 19.1 Å². The molecular weight excluding hydrogens is 464 g/mol. The van der Waals surface area contributed by atoms with Gasteiger partial charge in [0.05, 0.1) is 38.0 Å². The normalized spacial score (nSPS) is 18.3. The fraction of sp³-hybridized carbons (Fsp3) is 0.520. The number of carbonyl (C=O) groups is 3. The predicted molar refractivity (Wildman–Crippen MR) is 134 cm³/mol. The molecule has 2 heterocycles. The second-order valence-corrected chi connectivity index (χ2v) is 16.2. The minimum atomic E-state index is -1.84. The van der Waals surface area contributed by atoms with Crippen molar-refractivity contribution in [2.24, 2.45) is 0 Å². The van der Waals surface area contributed by atoms with Gasteiger partial charge in [-0.2, -0.15) is 5.10 Å². The van der Waals surface area contributed by atoms with Crippen LogP contribution in [-0.4, -0.2) is 47.5 Å². The summed E-state index contributed by atoms with van der Waals surface area (Å²) >= 11 is 0. The number of hydrogen-bond acceptors (Lipinski definition) is 7. The van der Waals surface area contributed by atoms with E-state index in [1.165, 1.54) is 0 Å². The molecule has 2 aromatic rings. The van der Waals surface area contributed by atoms with E-state index in [4.69, 9.17) is 9.57 Å². The largest absolute Gasteiger partial charge is 0.448 e. The molecule has 1 aliphatic carbocycles. The van der Waals surface area contributed by atoms with Crippen LogP contribution in [0.25, 0.3) is 0 Å². The highest BCUT2D eigenvalue weighted by molar-refractivity contribution is 6.83. The lowest BCUT2D eigenvalue weighted by Crippen LogP contribution is -2.52. The summed E-state index contributed by atoms with van der Waals surface area (Å²) in [5, 5.41) is 8.74. The number of carbonyl (C=O) groups excluding carboxylic acids is 3. The number of aromatic nitrogens is 2. The fourth-order valence-electron chi connectivity index (χ4n) is 4.94. The molecule has 0 unspecified atom stereocenters. The van der Waals surface area contributed by atoms with Gasteiger partial charge in [0, 0.05) is 10.6 Å². The zero-order chi connectivity index (χ0) is 25.6. The molecule has 0 radical (unpaired) electrons. The van der Waals surface area contributed by atoms with E-state index in [1.807, 2.05) is 19.9 Å². The van der Waals surface area contributed by atoms with Crippen molar-refractivity contribution in [3.8, 4) is 0 Å². The van der Waals surface area contributed by atoms with Gasteiger partial charge in [0.15, 0.2) is 0 Å². The lowest BCUT2D eigenvalue weighted by atomic mass is 9.83. The number of benzene rings is 1. The van der Waals surface area contributed by atoms with Gasteiger partial charge in [-0.25, -0.2) is 9.59 Å². The van der Waals surface area contributed by atoms with Crippen LogP contribution in [-0.2, 0) is 26.5 Å². The number of ether oxygens (including phenoxy) is 1. The molecule has 1 saturated carbocycles. The number of hydroxylamine groups is 2. The van der Waals surface area contributed by atoms with Gasteiger partial charge < -0.3 is 14.9 Å². The molecule has 9 nitrogen and oxygen atoms in total. The molecule has 0 spiro atoms.